The summed E-state index contributed by atoms with van der Waals surface area (Å²) in [4.78, 5) is 11.5. The van der Waals surface area contributed by atoms with Crippen LogP contribution in [0.3, 0.4) is 0 Å². The van der Waals surface area contributed by atoms with Gasteiger partial charge in [0.25, 0.3) is 0 Å². The van der Waals surface area contributed by atoms with E-state index in [-0.39, 0.29) is 6.54 Å². The number of methoxy groups -OCH3 is 1. The first kappa shape index (κ1) is 14.6. The molecule has 2 heterocycles. The summed E-state index contributed by atoms with van der Waals surface area (Å²) in [5.74, 6) is -1.73. The van der Waals surface area contributed by atoms with Gasteiger partial charge in [0.1, 0.15) is 18.2 Å². The summed E-state index contributed by atoms with van der Waals surface area (Å²) in [7, 11) is 1.31. The number of hydrogen-bond donors (Lipinski definition) is 1. The smallest absolute Gasteiger partial charge is 0.327 e. The fraction of sp³-hybridized carbons (Fsp3) is 0.333. The lowest BCUT2D eigenvalue weighted by Crippen LogP contribution is -2.26. The number of carbonyl (C=O) groups excluding carboxylic acids is 1. The quantitative estimate of drug-likeness (QED) is 0.876. The van der Waals surface area contributed by atoms with Gasteiger partial charge in [-0.1, -0.05) is 0 Å². The van der Waals surface area contributed by atoms with Gasteiger partial charge in [0.05, 0.1) is 12.8 Å². The molecule has 0 radical (unpaired) electrons. The Bertz CT molecular complexity index is 708. The van der Waals surface area contributed by atoms with Crippen molar-refractivity contribution in [2.45, 2.75) is 19.5 Å². The maximum absolute atomic E-state index is 13.5. The van der Waals surface area contributed by atoms with Crippen LogP contribution in [0.25, 0.3) is 11.3 Å². The zero-order valence-corrected chi connectivity index (χ0v) is 12.0. The second kappa shape index (κ2) is 5.84. The van der Waals surface area contributed by atoms with Crippen molar-refractivity contribution in [1.82, 2.24) is 15.1 Å². The SMILES string of the molecule is COC(=O)Cn1nc(-c2cc(F)cc(F)c2)c2c1CCNC2. The van der Waals surface area contributed by atoms with E-state index in [9.17, 15) is 13.6 Å². The third kappa shape index (κ3) is 2.71. The van der Waals surface area contributed by atoms with Gasteiger partial charge in [-0.25, -0.2) is 8.78 Å². The minimum Gasteiger partial charge on any atom is -0.468 e. The van der Waals surface area contributed by atoms with Gasteiger partial charge < -0.3 is 10.1 Å². The van der Waals surface area contributed by atoms with Crippen molar-refractivity contribution in [2.24, 2.45) is 0 Å². The fourth-order valence-corrected chi connectivity index (χ4v) is 2.66. The predicted molar refractivity (Wildman–Crippen MR) is 75.0 cm³/mol. The van der Waals surface area contributed by atoms with Gasteiger partial charge in [-0.2, -0.15) is 5.10 Å². The zero-order chi connectivity index (χ0) is 15.7. The number of fused-ring (bicyclic) bond motifs is 1. The molecule has 3 rings (SSSR count). The molecule has 7 heteroatoms. The Labute approximate surface area is 125 Å². The molecule has 1 N–H and O–H groups in total. The summed E-state index contributed by atoms with van der Waals surface area (Å²) in [5, 5.41) is 7.58. The van der Waals surface area contributed by atoms with Crippen LogP contribution in [0, 0.1) is 11.6 Å². The van der Waals surface area contributed by atoms with Crippen LogP contribution in [0.5, 0.6) is 0 Å². The molecule has 116 valence electrons. The van der Waals surface area contributed by atoms with Gasteiger partial charge in [-0.15, -0.1) is 0 Å². The van der Waals surface area contributed by atoms with Crippen molar-refractivity contribution in [2.75, 3.05) is 13.7 Å². The second-order valence-electron chi connectivity index (χ2n) is 5.09. The Morgan fingerprint density at radius 1 is 1.36 bits per heavy atom. The number of benzene rings is 1. The highest BCUT2D eigenvalue weighted by Gasteiger charge is 2.23. The molecule has 0 amide bonds. The van der Waals surface area contributed by atoms with Crippen molar-refractivity contribution in [3.05, 3.63) is 41.1 Å². The minimum absolute atomic E-state index is 0.0172. The van der Waals surface area contributed by atoms with E-state index in [1.165, 1.54) is 19.2 Å². The van der Waals surface area contributed by atoms with Crippen molar-refractivity contribution in [1.29, 1.82) is 0 Å². The first-order valence-corrected chi connectivity index (χ1v) is 6.91. The molecule has 22 heavy (non-hydrogen) atoms. The number of hydrogen-bond acceptors (Lipinski definition) is 4. The van der Waals surface area contributed by atoms with E-state index in [0.29, 0.717) is 24.2 Å². The molecule has 0 aliphatic carbocycles. The third-order valence-corrected chi connectivity index (χ3v) is 3.65. The molecule has 1 aliphatic heterocycles. The predicted octanol–water partition coefficient (Wildman–Crippen LogP) is 1.65. The molecule has 5 nitrogen and oxygen atoms in total. The molecule has 2 aromatic rings. The highest BCUT2D eigenvalue weighted by molar-refractivity contribution is 5.70. The first-order chi connectivity index (χ1) is 10.6. The fourth-order valence-electron chi connectivity index (χ4n) is 2.66. The maximum atomic E-state index is 13.5. The van der Waals surface area contributed by atoms with E-state index in [2.05, 4.69) is 15.2 Å². The van der Waals surface area contributed by atoms with Crippen LogP contribution in [-0.2, 0) is 29.0 Å². The average molecular weight is 307 g/mol. The summed E-state index contributed by atoms with van der Waals surface area (Å²) < 4.78 is 33.1. The van der Waals surface area contributed by atoms with Crippen LogP contribution in [0.1, 0.15) is 11.3 Å². The molecule has 0 fully saturated rings. The Balaban J connectivity index is 2.09. The van der Waals surface area contributed by atoms with Crippen LogP contribution in [-0.4, -0.2) is 29.4 Å². The molecule has 1 aliphatic rings. The third-order valence-electron chi connectivity index (χ3n) is 3.65. The Hall–Kier alpha value is -2.28. The number of nitrogens with zero attached hydrogens (tertiary/aromatic N) is 2. The van der Waals surface area contributed by atoms with Gasteiger partial charge in [0.15, 0.2) is 0 Å². The lowest BCUT2D eigenvalue weighted by molar-refractivity contribution is -0.141. The topological polar surface area (TPSA) is 56.2 Å². The summed E-state index contributed by atoms with van der Waals surface area (Å²) in [5.41, 5.74) is 2.61. The maximum Gasteiger partial charge on any atom is 0.327 e. The molecule has 0 saturated heterocycles. The van der Waals surface area contributed by atoms with E-state index >= 15 is 0 Å². The number of esters is 1. The number of ether oxygens (including phenoxy) is 1. The average Bonchev–Trinajstić information content (AvgIpc) is 2.85. The Morgan fingerprint density at radius 3 is 2.77 bits per heavy atom. The van der Waals surface area contributed by atoms with Crippen molar-refractivity contribution in [3.8, 4) is 11.3 Å². The number of nitrogens with one attached hydrogen (secondary N) is 1. The molecule has 0 unspecified atom stereocenters. The Morgan fingerprint density at radius 2 is 2.09 bits per heavy atom. The standard InChI is InChI=1S/C15H15F2N3O2/c1-22-14(21)8-20-13-2-3-18-7-12(13)15(19-20)9-4-10(16)6-11(17)5-9/h4-6,18H,2-3,7-8H2,1H3. The summed E-state index contributed by atoms with van der Waals surface area (Å²) in [6.45, 7) is 1.29. The van der Waals surface area contributed by atoms with Crippen LogP contribution >= 0.6 is 0 Å². The largest absolute Gasteiger partial charge is 0.468 e. The first-order valence-electron chi connectivity index (χ1n) is 6.91. The van der Waals surface area contributed by atoms with E-state index < -0.39 is 17.6 Å². The van der Waals surface area contributed by atoms with Crippen molar-refractivity contribution >= 4 is 5.97 Å². The van der Waals surface area contributed by atoms with Crippen molar-refractivity contribution in [3.63, 3.8) is 0 Å². The van der Waals surface area contributed by atoms with E-state index in [0.717, 1.165) is 23.9 Å². The molecule has 0 atom stereocenters. The van der Waals surface area contributed by atoms with E-state index in [1.54, 1.807) is 4.68 Å². The zero-order valence-electron chi connectivity index (χ0n) is 12.0. The molecule has 1 aromatic heterocycles. The lowest BCUT2D eigenvalue weighted by atomic mass is 10.0. The molecular weight excluding hydrogens is 292 g/mol. The van der Waals surface area contributed by atoms with Crippen molar-refractivity contribution < 1.29 is 18.3 Å². The van der Waals surface area contributed by atoms with Gasteiger partial charge in [-0.3, -0.25) is 9.48 Å². The lowest BCUT2D eigenvalue weighted by Gasteiger charge is -2.15. The molecule has 1 aromatic carbocycles. The number of halogens is 2. The van der Waals surface area contributed by atoms with Crippen LogP contribution in [0.15, 0.2) is 18.2 Å². The molecular formula is C15H15F2N3O2. The summed E-state index contributed by atoms with van der Waals surface area (Å²) in [6.07, 6.45) is 0.692. The van der Waals surface area contributed by atoms with Gasteiger partial charge >= 0.3 is 5.97 Å². The summed E-state index contributed by atoms with van der Waals surface area (Å²) in [6, 6.07) is 3.30. The van der Waals surface area contributed by atoms with Crippen LogP contribution in [0.2, 0.25) is 0 Å². The highest BCUT2D eigenvalue weighted by Crippen LogP contribution is 2.28. The molecule has 0 bridgehead atoms. The second-order valence-corrected chi connectivity index (χ2v) is 5.09. The number of aromatic nitrogens is 2. The molecule has 0 saturated carbocycles. The number of rotatable bonds is 3. The summed E-state index contributed by atoms with van der Waals surface area (Å²) >= 11 is 0. The van der Waals surface area contributed by atoms with E-state index in [1.807, 2.05) is 0 Å². The number of carbonyl (C=O) groups is 1. The normalized spacial score (nSPS) is 13.8. The highest BCUT2D eigenvalue weighted by atomic mass is 19.1. The Kier molecular flexibility index (Phi) is 3.89. The van der Waals surface area contributed by atoms with Gasteiger partial charge in [-0.05, 0) is 12.1 Å². The van der Waals surface area contributed by atoms with Gasteiger partial charge in [0, 0.05) is 42.4 Å². The van der Waals surface area contributed by atoms with Crippen LogP contribution < -0.4 is 5.32 Å². The van der Waals surface area contributed by atoms with Gasteiger partial charge in [0.2, 0.25) is 0 Å². The van der Waals surface area contributed by atoms with Crippen LogP contribution in [0.4, 0.5) is 8.78 Å². The van der Waals surface area contributed by atoms with E-state index in [4.69, 9.17) is 0 Å². The molecule has 0 spiro atoms. The minimum atomic E-state index is -0.657. The monoisotopic (exact) mass is 307 g/mol.